The molecule has 4 fully saturated rings. The lowest BCUT2D eigenvalue weighted by atomic mass is 9.71. The van der Waals surface area contributed by atoms with Crippen LogP contribution in [0.1, 0.15) is 69.7 Å². The van der Waals surface area contributed by atoms with E-state index in [0.717, 1.165) is 71.2 Å². The summed E-state index contributed by atoms with van der Waals surface area (Å²) in [5.41, 5.74) is 0.385. The van der Waals surface area contributed by atoms with Crippen LogP contribution in [0.25, 0.3) is 0 Å². The number of rotatable bonds is 11. The molecule has 0 bridgehead atoms. The molecule has 48 heavy (non-hydrogen) atoms. The number of nitrogens with one attached hydrogen (secondary N) is 1. The summed E-state index contributed by atoms with van der Waals surface area (Å²) in [5, 5.41) is 8.95. The lowest BCUT2D eigenvalue weighted by molar-refractivity contribution is 0.0617. The number of carbonyl (C=O) groups excluding carboxylic acids is 1. The second kappa shape index (κ2) is 14.2. The summed E-state index contributed by atoms with van der Waals surface area (Å²) in [4.78, 5) is 28.5. The molecule has 12 nitrogen and oxygen atoms in total. The zero-order valence-corrected chi connectivity index (χ0v) is 29.0. The van der Waals surface area contributed by atoms with Gasteiger partial charge in [-0.25, -0.2) is 14.4 Å². The Hall–Kier alpha value is -3.38. The van der Waals surface area contributed by atoms with Crippen molar-refractivity contribution in [2.75, 3.05) is 57.3 Å². The van der Waals surface area contributed by atoms with Gasteiger partial charge in [-0.2, -0.15) is 22.7 Å². The maximum Gasteiger partial charge on any atom is 0.279 e. The highest BCUT2D eigenvalue weighted by atomic mass is 32.2. The largest absolute Gasteiger partial charge is 0.451 e. The van der Waals surface area contributed by atoms with Gasteiger partial charge in [0.25, 0.3) is 16.1 Å². The summed E-state index contributed by atoms with van der Waals surface area (Å²) in [5.74, 6) is 0.972. The number of nitriles is 1. The lowest BCUT2D eigenvalue weighted by Crippen LogP contribution is -2.61. The van der Waals surface area contributed by atoms with Gasteiger partial charge >= 0.3 is 0 Å². The fraction of sp³-hybridized carbons (Fsp3) is 0.647. The van der Waals surface area contributed by atoms with E-state index in [-0.39, 0.29) is 40.6 Å². The van der Waals surface area contributed by atoms with E-state index in [0.29, 0.717) is 37.1 Å². The smallest absolute Gasteiger partial charge is 0.279 e. The van der Waals surface area contributed by atoms with Gasteiger partial charge in [0, 0.05) is 56.8 Å². The first kappa shape index (κ1) is 34.5. The van der Waals surface area contributed by atoms with Crippen LogP contribution >= 0.6 is 0 Å². The van der Waals surface area contributed by atoms with Crippen LogP contribution in [0.4, 0.5) is 10.2 Å². The molecule has 6 rings (SSSR count). The number of halogens is 1. The van der Waals surface area contributed by atoms with Gasteiger partial charge in [-0.15, -0.1) is 0 Å². The lowest BCUT2D eigenvalue weighted by Gasteiger charge is -2.54. The molecule has 14 heteroatoms. The van der Waals surface area contributed by atoms with E-state index in [1.54, 1.807) is 11.1 Å². The molecule has 4 aliphatic rings. The Bertz CT molecular complexity index is 1600. The van der Waals surface area contributed by atoms with Gasteiger partial charge in [0.2, 0.25) is 0 Å². The molecule has 1 aromatic heterocycles. The highest BCUT2D eigenvalue weighted by Gasteiger charge is 2.46. The predicted octanol–water partition coefficient (Wildman–Crippen LogP) is 4.03. The minimum Gasteiger partial charge on any atom is -0.451 e. The maximum absolute atomic E-state index is 14.3. The fourth-order valence-electron chi connectivity index (χ4n) is 7.66. The molecule has 2 aromatic rings. The van der Waals surface area contributed by atoms with E-state index in [1.807, 2.05) is 20.8 Å². The van der Waals surface area contributed by atoms with Gasteiger partial charge in [0.1, 0.15) is 17.9 Å². The third kappa shape index (κ3) is 7.44. The molecular formula is C34H47FN8O4S. The zero-order valence-electron chi connectivity index (χ0n) is 28.1. The normalized spacial score (nSPS) is 23.4. The molecule has 1 saturated carbocycles. The van der Waals surface area contributed by atoms with Crippen molar-refractivity contribution in [3.8, 4) is 17.6 Å². The molecule has 1 spiro atoms. The summed E-state index contributed by atoms with van der Waals surface area (Å²) in [6.07, 6.45) is 9.00. The molecule has 3 saturated heterocycles. The number of aromatic nitrogens is 2. The number of nitrogens with zero attached hydrogens (tertiary/aromatic N) is 7. The number of carbonyl (C=O) groups is 1. The fourth-order valence-corrected chi connectivity index (χ4v) is 9.22. The van der Waals surface area contributed by atoms with Crippen molar-refractivity contribution in [1.29, 1.82) is 5.26 Å². The number of amides is 1. The van der Waals surface area contributed by atoms with Crippen molar-refractivity contribution in [3.05, 3.63) is 42.1 Å². The Balaban J connectivity index is 0.989. The van der Waals surface area contributed by atoms with Gasteiger partial charge in [0.05, 0.1) is 23.7 Å². The van der Waals surface area contributed by atoms with E-state index in [1.165, 1.54) is 28.8 Å². The monoisotopic (exact) mass is 682 g/mol. The van der Waals surface area contributed by atoms with E-state index >= 15 is 0 Å². The van der Waals surface area contributed by atoms with Crippen molar-refractivity contribution < 1.29 is 22.3 Å². The summed E-state index contributed by atoms with van der Waals surface area (Å²) in [7, 11) is -3.50. The summed E-state index contributed by atoms with van der Waals surface area (Å²) >= 11 is 0. The van der Waals surface area contributed by atoms with Crippen LogP contribution in [0.5, 0.6) is 11.5 Å². The molecule has 1 aliphatic carbocycles. The number of likely N-dealkylation sites (tertiary alicyclic amines) is 1. The Labute approximate surface area is 283 Å². The first-order valence-corrected chi connectivity index (χ1v) is 18.7. The van der Waals surface area contributed by atoms with Crippen LogP contribution in [0.2, 0.25) is 0 Å². The van der Waals surface area contributed by atoms with Gasteiger partial charge in [-0.05, 0) is 96.5 Å². The zero-order chi connectivity index (χ0) is 34.1. The minimum absolute atomic E-state index is 0.0326. The second-order valence-electron chi connectivity index (χ2n) is 14.3. The van der Waals surface area contributed by atoms with Gasteiger partial charge < -0.3 is 19.4 Å². The number of piperidine rings is 1. The van der Waals surface area contributed by atoms with Gasteiger partial charge in [0.15, 0.2) is 11.6 Å². The predicted molar refractivity (Wildman–Crippen MR) is 179 cm³/mol. The molecule has 0 radical (unpaired) electrons. The number of benzene rings is 1. The topological polar surface area (TPSA) is 135 Å². The molecule has 1 amide bonds. The Morgan fingerprint density at radius 3 is 2.52 bits per heavy atom. The molecule has 0 unspecified atom stereocenters. The third-order valence-corrected chi connectivity index (χ3v) is 12.2. The Morgan fingerprint density at radius 1 is 1.17 bits per heavy atom. The minimum atomic E-state index is -3.50. The number of hydrogen-bond donors (Lipinski definition) is 1. The highest BCUT2D eigenvalue weighted by Crippen LogP contribution is 2.45. The van der Waals surface area contributed by atoms with Crippen molar-refractivity contribution in [1.82, 2.24) is 28.8 Å². The van der Waals surface area contributed by atoms with Crippen LogP contribution in [0, 0.1) is 34.4 Å². The van der Waals surface area contributed by atoms with Crippen LogP contribution < -0.4 is 14.4 Å². The number of anilines is 1. The van der Waals surface area contributed by atoms with E-state index in [9.17, 15) is 17.6 Å². The Kier molecular flexibility index (Phi) is 10.2. The molecule has 4 heterocycles. The highest BCUT2D eigenvalue weighted by molar-refractivity contribution is 7.87. The number of hydrogen-bond acceptors (Lipinski definition) is 9. The number of ether oxygens (including phenoxy) is 1. The van der Waals surface area contributed by atoms with Gasteiger partial charge in [-0.3, -0.25) is 4.79 Å². The van der Waals surface area contributed by atoms with Crippen molar-refractivity contribution >= 4 is 21.9 Å². The molecule has 1 N–H and O–H groups in total. The molecule has 3 aliphatic heterocycles. The molecule has 1 aromatic carbocycles. The van der Waals surface area contributed by atoms with Crippen LogP contribution in [0.3, 0.4) is 0 Å². The third-order valence-electron chi connectivity index (χ3n) is 10.6. The van der Waals surface area contributed by atoms with Crippen LogP contribution in [-0.4, -0.2) is 103 Å². The summed E-state index contributed by atoms with van der Waals surface area (Å²) in [6, 6.07) is 6.06. The first-order chi connectivity index (χ1) is 23.0. The molecular weight excluding hydrogens is 635 g/mol. The molecule has 0 atom stereocenters. The van der Waals surface area contributed by atoms with E-state index < -0.39 is 16.0 Å². The maximum atomic E-state index is 14.3. The second-order valence-corrected chi connectivity index (χ2v) is 16.0. The van der Waals surface area contributed by atoms with Crippen molar-refractivity contribution in [3.63, 3.8) is 0 Å². The van der Waals surface area contributed by atoms with Crippen LogP contribution in [-0.2, 0) is 10.2 Å². The molecule has 260 valence electrons. The van der Waals surface area contributed by atoms with Crippen LogP contribution in [0.15, 0.2) is 30.7 Å². The average Bonchev–Trinajstić information content (AvgIpc) is 3.02. The SMILES string of the molecule is CCN(C(=O)c1cc(F)ccc1Oc1cncnc1N1CC2(CCN(CC3CCC(NS(=O)(=O)N4CC(C#N)C4)CC3)CC2)C1)C(C)C. The standard InChI is InChI=1S/C34H47FN8O4S/c1-4-43(24(2)3)33(44)29-15-27(35)7-10-30(29)47-31-17-37-23-38-32(31)41-21-34(22-41)11-13-40(14-12-34)18-25-5-8-28(9-6-25)39-48(45,46)42-19-26(16-36)20-42/h7,10,15,17,23-26,28,39H,4-6,8-9,11-14,18-22H2,1-3H3. The Morgan fingerprint density at radius 2 is 1.88 bits per heavy atom. The summed E-state index contributed by atoms with van der Waals surface area (Å²) in [6.45, 7) is 11.7. The van der Waals surface area contributed by atoms with Crippen molar-refractivity contribution in [2.24, 2.45) is 17.3 Å². The quantitative estimate of drug-likeness (QED) is 0.373. The average molecular weight is 683 g/mol. The van der Waals surface area contributed by atoms with E-state index in [4.69, 9.17) is 10.00 Å². The van der Waals surface area contributed by atoms with E-state index in [2.05, 4.69) is 30.6 Å². The summed E-state index contributed by atoms with van der Waals surface area (Å²) < 4.78 is 50.0. The van der Waals surface area contributed by atoms with Gasteiger partial charge in [-0.1, -0.05) is 0 Å². The first-order valence-electron chi connectivity index (χ1n) is 17.2. The van der Waals surface area contributed by atoms with Crippen molar-refractivity contribution in [2.45, 2.75) is 71.4 Å².